The van der Waals surface area contributed by atoms with E-state index < -0.39 is 24.1 Å². The standard InChI is InChI=1S/C25H28N2O6/c1-27(33-15-22(28)29)23(30)25(12-6-7-13-25)16-26-24(31)32-14-21-19-10-4-2-8-17(19)18-9-3-5-11-20(18)21/h2-5,8-11,21H,6-7,12-16H2,1H3,(H,26,31)(H,28,29). The molecule has 2 aliphatic rings. The van der Waals surface area contributed by atoms with Crippen molar-refractivity contribution in [2.24, 2.45) is 5.41 Å². The molecule has 0 atom stereocenters. The minimum absolute atomic E-state index is 0.0409. The van der Waals surface area contributed by atoms with Crippen molar-refractivity contribution < 1.29 is 29.1 Å². The van der Waals surface area contributed by atoms with E-state index in [0.717, 1.165) is 40.2 Å². The molecule has 1 fully saturated rings. The minimum Gasteiger partial charge on any atom is -0.479 e. The van der Waals surface area contributed by atoms with Crippen LogP contribution in [0.2, 0.25) is 0 Å². The molecule has 0 unspecified atom stereocenters. The number of ether oxygens (including phenoxy) is 1. The van der Waals surface area contributed by atoms with Gasteiger partial charge < -0.3 is 15.2 Å². The summed E-state index contributed by atoms with van der Waals surface area (Å²) in [6.45, 7) is -0.288. The maximum Gasteiger partial charge on any atom is 0.407 e. The fourth-order valence-electron chi connectivity index (χ4n) is 4.95. The van der Waals surface area contributed by atoms with E-state index in [9.17, 15) is 14.4 Å². The molecule has 8 nitrogen and oxygen atoms in total. The fraction of sp³-hybridized carbons (Fsp3) is 0.400. The third-order valence-electron chi connectivity index (χ3n) is 6.60. The number of hydrogen-bond donors (Lipinski definition) is 2. The predicted octanol–water partition coefficient (Wildman–Crippen LogP) is 3.56. The minimum atomic E-state index is -1.16. The Morgan fingerprint density at radius 3 is 2.18 bits per heavy atom. The molecule has 2 amide bonds. The van der Waals surface area contributed by atoms with Crippen LogP contribution < -0.4 is 5.32 Å². The SMILES string of the molecule is CN(OCC(=O)O)C(=O)C1(CNC(=O)OCC2c3ccccc3-c3ccccc32)CCCC1. The summed E-state index contributed by atoms with van der Waals surface area (Å²) in [4.78, 5) is 41.3. The van der Waals surface area contributed by atoms with Gasteiger partial charge in [0.2, 0.25) is 0 Å². The molecule has 0 aliphatic heterocycles. The summed E-state index contributed by atoms with van der Waals surface area (Å²) in [6, 6.07) is 16.2. The van der Waals surface area contributed by atoms with Gasteiger partial charge >= 0.3 is 12.1 Å². The van der Waals surface area contributed by atoms with Crippen molar-refractivity contribution in [1.29, 1.82) is 0 Å². The summed E-state index contributed by atoms with van der Waals surface area (Å²) in [7, 11) is 1.40. The van der Waals surface area contributed by atoms with Gasteiger partial charge in [-0.1, -0.05) is 61.4 Å². The highest BCUT2D eigenvalue weighted by atomic mass is 16.7. The lowest BCUT2D eigenvalue weighted by molar-refractivity contribution is -0.194. The molecule has 8 heteroatoms. The summed E-state index contributed by atoms with van der Waals surface area (Å²) >= 11 is 0. The topological polar surface area (TPSA) is 105 Å². The van der Waals surface area contributed by atoms with Crippen molar-refractivity contribution in [2.45, 2.75) is 31.6 Å². The Hall–Kier alpha value is -3.39. The highest BCUT2D eigenvalue weighted by Crippen LogP contribution is 2.44. The normalized spacial score (nSPS) is 16.0. The Kier molecular flexibility index (Phi) is 6.65. The number of hydrogen-bond acceptors (Lipinski definition) is 5. The lowest BCUT2D eigenvalue weighted by atomic mass is 9.85. The predicted molar refractivity (Wildman–Crippen MR) is 120 cm³/mol. The van der Waals surface area contributed by atoms with E-state index in [1.54, 1.807) is 0 Å². The van der Waals surface area contributed by atoms with Gasteiger partial charge in [-0.15, -0.1) is 0 Å². The van der Waals surface area contributed by atoms with Gasteiger partial charge in [0.25, 0.3) is 5.91 Å². The number of alkyl carbamates (subject to hydrolysis) is 1. The highest BCUT2D eigenvalue weighted by molar-refractivity contribution is 5.83. The Labute approximate surface area is 192 Å². The first kappa shape index (κ1) is 22.8. The quantitative estimate of drug-likeness (QED) is 0.594. The first-order valence-electron chi connectivity index (χ1n) is 11.1. The number of hydroxylamine groups is 2. The van der Waals surface area contributed by atoms with Crippen LogP contribution in [0.4, 0.5) is 4.79 Å². The molecule has 0 spiro atoms. The van der Waals surface area contributed by atoms with E-state index in [0.29, 0.717) is 12.8 Å². The van der Waals surface area contributed by atoms with E-state index in [4.69, 9.17) is 14.7 Å². The average molecular weight is 453 g/mol. The molecular weight excluding hydrogens is 424 g/mol. The summed E-state index contributed by atoms with van der Waals surface area (Å²) in [5.74, 6) is -1.53. The second kappa shape index (κ2) is 9.62. The zero-order valence-electron chi connectivity index (χ0n) is 18.6. The molecule has 0 radical (unpaired) electrons. The molecule has 0 bridgehead atoms. The number of carbonyl (C=O) groups excluding carboxylic acids is 2. The van der Waals surface area contributed by atoms with Crippen LogP contribution in [0.5, 0.6) is 0 Å². The molecule has 2 N–H and O–H groups in total. The van der Waals surface area contributed by atoms with E-state index in [1.807, 2.05) is 24.3 Å². The Bertz CT molecular complexity index is 1000. The maximum absolute atomic E-state index is 12.9. The largest absolute Gasteiger partial charge is 0.479 e. The van der Waals surface area contributed by atoms with E-state index in [2.05, 4.69) is 29.6 Å². The van der Waals surface area contributed by atoms with Gasteiger partial charge in [-0.05, 0) is 35.1 Å². The second-order valence-corrected chi connectivity index (χ2v) is 8.64. The molecule has 2 aromatic carbocycles. The number of aliphatic carboxylic acids is 1. The first-order valence-corrected chi connectivity index (χ1v) is 11.1. The number of amides is 2. The van der Waals surface area contributed by atoms with Crippen molar-refractivity contribution in [3.05, 3.63) is 59.7 Å². The lowest BCUT2D eigenvalue weighted by Crippen LogP contribution is -2.48. The Morgan fingerprint density at radius 1 is 1.03 bits per heavy atom. The number of nitrogens with one attached hydrogen (secondary N) is 1. The average Bonchev–Trinajstić information content (AvgIpc) is 3.43. The van der Waals surface area contributed by atoms with Crippen molar-refractivity contribution in [3.8, 4) is 11.1 Å². The number of rotatable bonds is 8. The van der Waals surface area contributed by atoms with Crippen LogP contribution in [0.1, 0.15) is 42.7 Å². The monoisotopic (exact) mass is 452 g/mol. The molecule has 1 saturated carbocycles. The fourth-order valence-corrected chi connectivity index (χ4v) is 4.95. The highest BCUT2D eigenvalue weighted by Gasteiger charge is 2.44. The van der Waals surface area contributed by atoms with Crippen LogP contribution in [-0.2, 0) is 19.2 Å². The van der Waals surface area contributed by atoms with Crippen molar-refractivity contribution in [1.82, 2.24) is 10.4 Å². The molecular formula is C25H28N2O6. The molecule has 33 heavy (non-hydrogen) atoms. The van der Waals surface area contributed by atoms with Gasteiger partial charge in [0, 0.05) is 19.5 Å². The third kappa shape index (κ3) is 4.71. The van der Waals surface area contributed by atoms with Crippen molar-refractivity contribution in [3.63, 3.8) is 0 Å². The van der Waals surface area contributed by atoms with E-state index in [-0.39, 0.29) is 25.0 Å². The number of benzene rings is 2. The maximum atomic E-state index is 12.9. The van der Waals surface area contributed by atoms with Gasteiger partial charge in [-0.25, -0.2) is 14.7 Å². The molecule has 0 heterocycles. The van der Waals surface area contributed by atoms with Gasteiger partial charge in [0.1, 0.15) is 6.61 Å². The van der Waals surface area contributed by atoms with Crippen LogP contribution in [-0.4, -0.2) is 54.9 Å². The lowest BCUT2D eigenvalue weighted by Gasteiger charge is -2.31. The van der Waals surface area contributed by atoms with Crippen molar-refractivity contribution in [2.75, 3.05) is 26.8 Å². The van der Waals surface area contributed by atoms with Gasteiger partial charge in [0.15, 0.2) is 6.61 Å². The zero-order chi connectivity index (χ0) is 23.4. The second-order valence-electron chi connectivity index (χ2n) is 8.64. The molecule has 174 valence electrons. The van der Waals surface area contributed by atoms with E-state index in [1.165, 1.54) is 7.05 Å². The third-order valence-corrected chi connectivity index (χ3v) is 6.60. The number of carboxylic acid groups (broad SMARTS) is 1. The van der Waals surface area contributed by atoms with Gasteiger partial charge in [0.05, 0.1) is 5.41 Å². The van der Waals surface area contributed by atoms with Crippen molar-refractivity contribution >= 4 is 18.0 Å². The summed E-state index contributed by atoms with van der Waals surface area (Å²) < 4.78 is 5.58. The van der Waals surface area contributed by atoms with Crippen LogP contribution in [0.3, 0.4) is 0 Å². The zero-order valence-corrected chi connectivity index (χ0v) is 18.6. The van der Waals surface area contributed by atoms with Gasteiger partial charge in [-0.3, -0.25) is 9.63 Å². The summed E-state index contributed by atoms with van der Waals surface area (Å²) in [5.41, 5.74) is 3.75. The van der Waals surface area contributed by atoms with Crippen LogP contribution in [0.15, 0.2) is 48.5 Å². The smallest absolute Gasteiger partial charge is 0.407 e. The van der Waals surface area contributed by atoms with Gasteiger partial charge in [-0.2, -0.15) is 0 Å². The number of carbonyl (C=O) groups is 3. The molecule has 4 rings (SSSR count). The molecule has 0 saturated heterocycles. The number of nitrogens with zero attached hydrogens (tertiary/aromatic N) is 1. The Morgan fingerprint density at radius 2 is 1.61 bits per heavy atom. The molecule has 2 aromatic rings. The van der Waals surface area contributed by atoms with E-state index >= 15 is 0 Å². The van der Waals surface area contributed by atoms with Crippen LogP contribution in [0, 0.1) is 5.41 Å². The number of fused-ring (bicyclic) bond motifs is 3. The summed E-state index contributed by atoms with van der Waals surface area (Å²) in [5, 5.41) is 12.5. The number of carboxylic acids is 1. The molecule has 2 aliphatic carbocycles. The summed E-state index contributed by atoms with van der Waals surface area (Å²) in [6.07, 6.45) is 2.31. The first-order chi connectivity index (χ1) is 15.9. The van der Waals surface area contributed by atoms with Crippen LogP contribution in [0.25, 0.3) is 11.1 Å². The molecule has 0 aromatic heterocycles. The van der Waals surface area contributed by atoms with Crippen LogP contribution >= 0.6 is 0 Å². The Balaban J connectivity index is 1.37.